The Morgan fingerprint density at radius 2 is 1.81 bits per heavy atom. The summed E-state index contributed by atoms with van der Waals surface area (Å²) < 4.78 is 12.1. The minimum atomic E-state index is -0.431. The fourth-order valence-corrected chi connectivity index (χ4v) is 4.97. The standard InChI is InChI=1S/C27H24N2O5S2/c1-4-33-24-14-19(10-12-23(24)34-16-20-7-5-6-8-22(20)29(31)32)15-25-26(30)28(27(35)36-25)21-11-9-17(2)18(3)13-21/h5-15H,4,16H2,1-3H3/b25-15+. The maximum Gasteiger partial charge on any atom is 0.276 e. The van der Waals surface area contributed by atoms with Crippen LogP contribution in [0.4, 0.5) is 11.4 Å². The van der Waals surface area contributed by atoms with Gasteiger partial charge in [0.15, 0.2) is 15.8 Å². The summed E-state index contributed by atoms with van der Waals surface area (Å²) >= 11 is 6.75. The highest BCUT2D eigenvalue weighted by molar-refractivity contribution is 8.27. The van der Waals surface area contributed by atoms with Crippen molar-refractivity contribution in [1.29, 1.82) is 0 Å². The number of anilines is 1. The number of thioether (sulfide) groups is 1. The third kappa shape index (κ3) is 5.42. The molecule has 0 aliphatic carbocycles. The molecule has 0 aromatic heterocycles. The van der Waals surface area contributed by atoms with Crippen molar-refractivity contribution in [3.05, 3.63) is 97.9 Å². The second kappa shape index (κ2) is 10.9. The van der Waals surface area contributed by atoms with E-state index >= 15 is 0 Å². The molecule has 36 heavy (non-hydrogen) atoms. The van der Waals surface area contributed by atoms with Crippen molar-refractivity contribution in [3.8, 4) is 11.5 Å². The molecule has 184 valence electrons. The smallest absolute Gasteiger partial charge is 0.276 e. The lowest BCUT2D eigenvalue weighted by molar-refractivity contribution is -0.385. The van der Waals surface area contributed by atoms with Crippen LogP contribution in [0.1, 0.15) is 29.2 Å². The number of amides is 1. The summed E-state index contributed by atoms with van der Waals surface area (Å²) in [6.45, 7) is 6.30. The van der Waals surface area contributed by atoms with Gasteiger partial charge in [0.1, 0.15) is 6.61 Å². The zero-order valence-electron chi connectivity index (χ0n) is 20.0. The highest BCUT2D eigenvalue weighted by atomic mass is 32.2. The number of para-hydroxylation sites is 1. The van der Waals surface area contributed by atoms with Crippen molar-refractivity contribution >= 4 is 51.7 Å². The van der Waals surface area contributed by atoms with E-state index in [0.717, 1.165) is 22.4 Å². The molecule has 1 aliphatic heterocycles. The van der Waals surface area contributed by atoms with Gasteiger partial charge in [0.2, 0.25) is 0 Å². The topological polar surface area (TPSA) is 81.9 Å². The van der Waals surface area contributed by atoms with Crippen molar-refractivity contribution in [2.75, 3.05) is 11.5 Å². The number of rotatable bonds is 8. The van der Waals surface area contributed by atoms with Gasteiger partial charge in [0, 0.05) is 6.07 Å². The SMILES string of the molecule is CCOc1cc(/C=C2/SC(=S)N(c3ccc(C)c(C)c3)C2=O)ccc1OCc1ccccc1[N+](=O)[O-]. The summed E-state index contributed by atoms with van der Waals surface area (Å²) in [5.74, 6) is 0.757. The van der Waals surface area contributed by atoms with E-state index in [0.29, 0.717) is 32.9 Å². The van der Waals surface area contributed by atoms with E-state index < -0.39 is 4.92 Å². The van der Waals surface area contributed by atoms with Crippen LogP contribution in [-0.2, 0) is 11.4 Å². The number of nitro benzene ring substituents is 1. The van der Waals surface area contributed by atoms with E-state index in [1.165, 1.54) is 17.8 Å². The van der Waals surface area contributed by atoms with Crippen molar-refractivity contribution in [1.82, 2.24) is 0 Å². The van der Waals surface area contributed by atoms with Crippen LogP contribution < -0.4 is 14.4 Å². The van der Waals surface area contributed by atoms with Gasteiger partial charge in [-0.3, -0.25) is 19.8 Å². The average Bonchev–Trinajstić information content (AvgIpc) is 3.13. The van der Waals surface area contributed by atoms with Crippen LogP contribution in [0.25, 0.3) is 6.08 Å². The lowest BCUT2D eigenvalue weighted by Gasteiger charge is -2.16. The molecule has 1 saturated heterocycles. The molecule has 0 bridgehead atoms. The Hall–Kier alpha value is -3.69. The lowest BCUT2D eigenvalue weighted by atomic mass is 10.1. The van der Waals surface area contributed by atoms with Crippen LogP contribution in [-0.4, -0.2) is 21.8 Å². The van der Waals surface area contributed by atoms with Gasteiger partial charge in [-0.15, -0.1) is 0 Å². The molecular formula is C27H24N2O5S2. The number of nitro groups is 1. The Labute approximate surface area is 218 Å². The Morgan fingerprint density at radius 3 is 2.53 bits per heavy atom. The zero-order valence-corrected chi connectivity index (χ0v) is 21.7. The molecule has 0 radical (unpaired) electrons. The number of aryl methyl sites for hydroxylation is 2. The largest absolute Gasteiger partial charge is 0.490 e. The average molecular weight is 521 g/mol. The van der Waals surface area contributed by atoms with Crippen LogP contribution in [0.15, 0.2) is 65.6 Å². The first-order chi connectivity index (χ1) is 17.3. The van der Waals surface area contributed by atoms with Gasteiger partial charge in [-0.1, -0.05) is 48.2 Å². The second-order valence-electron chi connectivity index (χ2n) is 8.10. The molecule has 0 saturated carbocycles. The predicted molar refractivity (Wildman–Crippen MR) is 147 cm³/mol. The number of hydrogen-bond acceptors (Lipinski definition) is 7. The minimum absolute atomic E-state index is 0.00197. The van der Waals surface area contributed by atoms with Crippen LogP contribution in [0.2, 0.25) is 0 Å². The van der Waals surface area contributed by atoms with Crippen LogP contribution in [0.5, 0.6) is 11.5 Å². The third-order valence-electron chi connectivity index (χ3n) is 5.68. The summed E-state index contributed by atoms with van der Waals surface area (Å²) in [6, 6.07) is 17.6. The number of nitrogens with zero attached hydrogens (tertiary/aromatic N) is 2. The number of carbonyl (C=O) groups excluding carboxylic acids is 1. The van der Waals surface area contributed by atoms with E-state index in [1.54, 1.807) is 47.4 Å². The quantitative estimate of drug-likeness (QED) is 0.143. The summed E-state index contributed by atoms with van der Waals surface area (Å²) in [7, 11) is 0. The van der Waals surface area contributed by atoms with E-state index in [4.69, 9.17) is 21.7 Å². The van der Waals surface area contributed by atoms with Crippen LogP contribution in [0.3, 0.4) is 0 Å². The highest BCUT2D eigenvalue weighted by Crippen LogP contribution is 2.38. The first-order valence-corrected chi connectivity index (χ1v) is 12.5. The van der Waals surface area contributed by atoms with E-state index in [9.17, 15) is 14.9 Å². The van der Waals surface area contributed by atoms with Gasteiger partial charge >= 0.3 is 0 Å². The molecule has 0 unspecified atom stereocenters. The first-order valence-electron chi connectivity index (χ1n) is 11.3. The number of benzene rings is 3. The zero-order chi connectivity index (χ0) is 25.8. The van der Waals surface area contributed by atoms with E-state index in [1.807, 2.05) is 39.0 Å². The van der Waals surface area contributed by atoms with Crippen molar-refractivity contribution in [2.45, 2.75) is 27.4 Å². The van der Waals surface area contributed by atoms with Gasteiger partial charge in [-0.2, -0.15) is 0 Å². The predicted octanol–water partition coefficient (Wildman–Crippen LogP) is 6.60. The van der Waals surface area contributed by atoms with Crippen molar-refractivity contribution < 1.29 is 19.2 Å². The molecule has 1 heterocycles. The Bertz CT molecular complexity index is 1390. The van der Waals surface area contributed by atoms with Crippen molar-refractivity contribution in [2.24, 2.45) is 0 Å². The van der Waals surface area contributed by atoms with Gasteiger partial charge in [-0.05, 0) is 73.9 Å². The lowest BCUT2D eigenvalue weighted by Crippen LogP contribution is -2.27. The summed E-state index contributed by atoms with van der Waals surface area (Å²) in [6.07, 6.45) is 1.77. The maximum atomic E-state index is 13.2. The molecule has 3 aromatic carbocycles. The normalized spacial score (nSPS) is 14.4. The first kappa shape index (κ1) is 25.4. The molecule has 9 heteroatoms. The van der Waals surface area contributed by atoms with Gasteiger partial charge in [0.05, 0.1) is 27.7 Å². The van der Waals surface area contributed by atoms with Gasteiger partial charge in [-0.25, -0.2) is 0 Å². The number of thiocarbonyl (C=S) groups is 1. The Balaban J connectivity index is 1.57. The van der Waals surface area contributed by atoms with Crippen LogP contribution in [0, 0.1) is 24.0 Å². The monoisotopic (exact) mass is 520 g/mol. The van der Waals surface area contributed by atoms with Gasteiger partial charge < -0.3 is 9.47 Å². The van der Waals surface area contributed by atoms with Crippen molar-refractivity contribution in [3.63, 3.8) is 0 Å². The van der Waals surface area contributed by atoms with E-state index in [-0.39, 0.29) is 18.2 Å². The molecule has 0 N–H and O–H groups in total. The molecule has 0 atom stereocenters. The molecule has 4 rings (SSSR count). The fourth-order valence-electron chi connectivity index (χ4n) is 3.67. The summed E-state index contributed by atoms with van der Waals surface area (Å²) in [5.41, 5.74) is 4.19. The minimum Gasteiger partial charge on any atom is -0.490 e. The molecular weight excluding hydrogens is 496 g/mol. The number of hydrogen-bond donors (Lipinski definition) is 0. The maximum absolute atomic E-state index is 13.2. The van der Waals surface area contributed by atoms with E-state index in [2.05, 4.69) is 0 Å². The van der Waals surface area contributed by atoms with Crippen LogP contribution >= 0.6 is 24.0 Å². The molecule has 1 aliphatic rings. The molecule has 1 fully saturated rings. The van der Waals surface area contributed by atoms with Gasteiger partial charge in [0.25, 0.3) is 11.6 Å². The highest BCUT2D eigenvalue weighted by Gasteiger charge is 2.33. The second-order valence-corrected chi connectivity index (χ2v) is 9.78. The fraction of sp³-hybridized carbons (Fsp3) is 0.185. The Morgan fingerprint density at radius 1 is 1.03 bits per heavy atom. The molecule has 0 spiro atoms. The Kier molecular flexibility index (Phi) is 7.71. The molecule has 7 nitrogen and oxygen atoms in total. The molecule has 3 aromatic rings. The summed E-state index contributed by atoms with van der Waals surface area (Å²) in [4.78, 5) is 26.1. The molecule has 1 amide bonds. The summed E-state index contributed by atoms with van der Waals surface area (Å²) in [5, 5.41) is 11.3. The number of ether oxygens (including phenoxy) is 2. The number of carbonyl (C=O) groups is 1. The third-order valence-corrected chi connectivity index (χ3v) is 6.98.